The number of nitrogens with zero attached hydrogens (tertiary/aromatic N) is 1. The number of hydrogen-bond acceptors (Lipinski definition) is 4. The number of thioether (sulfide) groups is 1. The van der Waals surface area contributed by atoms with Crippen LogP contribution in [-0.2, 0) is 9.53 Å². The largest absolute Gasteiger partial charge is 0.364 e. The predicted molar refractivity (Wildman–Crippen MR) is 72.7 cm³/mol. The van der Waals surface area contributed by atoms with Gasteiger partial charge in [0.15, 0.2) is 0 Å². The Morgan fingerprint density at radius 1 is 1.53 bits per heavy atom. The van der Waals surface area contributed by atoms with Crippen molar-refractivity contribution in [2.75, 3.05) is 24.6 Å². The second kappa shape index (κ2) is 6.83. The molecule has 1 unspecified atom stereocenters. The molecule has 0 aromatic carbocycles. The maximum absolute atomic E-state index is 12.2. The van der Waals surface area contributed by atoms with Crippen LogP contribution in [0.15, 0.2) is 0 Å². The fraction of sp³-hybridized carbons (Fsp3) is 0.909. The van der Waals surface area contributed by atoms with Gasteiger partial charge in [0.2, 0.25) is 0 Å². The number of nitrogens with two attached hydrogens (primary N) is 1. The molecule has 100 valence electrons. The molecule has 1 amide bonds. The molecule has 2 N–H and O–H groups in total. The van der Waals surface area contributed by atoms with E-state index in [0.29, 0.717) is 12.6 Å². The Morgan fingerprint density at radius 3 is 2.88 bits per heavy atom. The summed E-state index contributed by atoms with van der Waals surface area (Å²) in [4.78, 5) is 14.2. The van der Waals surface area contributed by atoms with Crippen molar-refractivity contribution in [1.29, 1.82) is 0 Å². The van der Waals surface area contributed by atoms with E-state index in [2.05, 4.69) is 6.92 Å². The van der Waals surface area contributed by atoms with E-state index >= 15 is 0 Å². The molecule has 3 atom stereocenters. The molecule has 0 aromatic rings. The molecule has 2 fully saturated rings. The van der Waals surface area contributed by atoms with Gasteiger partial charge in [-0.1, -0.05) is 0 Å². The standard InChI is InChI=1S/C11H20N2O2S.ClH/c1-8-7-16-5-4-13(8)11(14)10-3-2-9(6-12)15-10;/h8-10H,2-7,12H2,1H3;1H/t8?,9-,10+;/m1./s1. The summed E-state index contributed by atoms with van der Waals surface area (Å²) in [6.45, 7) is 3.49. The average Bonchev–Trinajstić information content (AvgIpc) is 2.77. The van der Waals surface area contributed by atoms with Crippen LogP contribution in [0.25, 0.3) is 0 Å². The van der Waals surface area contributed by atoms with Gasteiger partial charge in [0, 0.05) is 30.6 Å². The van der Waals surface area contributed by atoms with E-state index < -0.39 is 0 Å². The highest BCUT2D eigenvalue weighted by Gasteiger charge is 2.35. The van der Waals surface area contributed by atoms with Crippen LogP contribution in [0.5, 0.6) is 0 Å². The van der Waals surface area contributed by atoms with E-state index in [0.717, 1.165) is 30.9 Å². The van der Waals surface area contributed by atoms with Gasteiger partial charge >= 0.3 is 0 Å². The Kier molecular flexibility index (Phi) is 6.06. The number of rotatable bonds is 2. The molecule has 6 heteroatoms. The number of halogens is 1. The lowest BCUT2D eigenvalue weighted by Gasteiger charge is -2.34. The van der Waals surface area contributed by atoms with E-state index in [9.17, 15) is 4.79 Å². The quantitative estimate of drug-likeness (QED) is 0.816. The van der Waals surface area contributed by atoms with Crippen LogP contribution >= 0.6 is 24.2 Å². The van der Waals surface area contributed by atoms with Crippen molar-refractivity contribution in [3.8, 4) is 0 Å². The molecular formula is C11H21ClN2O2S. The van der Waals surface area contributed by atoms with Gasteiger partial charge in [-0.05, 0) is 19.8 Å². The van der Waals surface area contributed by atoms with Crippen LogP contribution in [0, 0.1) is 0 Å². The maximum atomic E-state index is 12.2. The molecule has 2 rings (SSSR count). The zero-order chi connectivity index (χ0) is 11.5. The number of carbonyl (C=O) groups excluding carboxylic acids is 1. The topological polar surface area (TPSA) is 55.6 Å². The summed E-state index contributed by atoms with van der Waals surface area (Å²) in [5, 5.41) is 0. The van der Waals surface area contributed by atoms with Crippen molar-refractivity contribution < 1.29 is 9.53 Å². The molecule has 0 aliphatic carbocycles. The van der Waals surface area contributed by atoms with Crippen molar-refractivity contribution in [3.63, 3.8) is 0 Å². The lowest BCUT2D eigenvalue weighted by molar-refractivity contribution is -0.144. The highest BCUT2D eigenvalue weighted by molar-refractivity contribution is 7.99. The summed E-state index contributed by atoms with van der Waals surface area (Å²) in [6, 6.07) is 0.340. The third-order valence-electron chi connectivity index (χ3n) is 3.30. The summed E-state index contributed by atoms with van der Waals surface area (Å²) in [7, 11) is 0. The first-order chi connectivity index (χ1) is 7.72. The number of hydrogen-bond donors (Lipinski definition) is 1. The lowest BCUT2D eigenvalue weighted by Crippen LogP contribution is -2.48. The van der Waals surface area contributed by atoms with Crippen molar-refractivity contribution >= 4 is 30.1 Å². The second-order valence-electron chi connectivity index (χ2n) is 4.52. The van der Waals surface area contributed by atoms with Crippen molar-refractivity contribution in [3.05, 3.63) is 0 Å². The molecular weight excluding hydrogens is 260 g/mol. The highest BCUT2D eigenvalue weighted by atomic mass is 35.5. The monoisotopic (exact) mass is 280 g/mol. The van der Waals surface area contributed by atoms with Crippen LogP contribution in [0.3, 0.4) is 0 Å². The molecule has 0 radical (unpaired) electrons. The lowest BCUT2D eigenvalue weighted by atomic mass is 10.1. The number of ether oxygens (including phenoxy) is 1. The van der Waals surface area contributed by atoms with Crippen LogP contribution in [0.4, 0.5) is 0 Å². The Balaban J connectivity index is 0.00000144. The second-order valence-corrected chi connectivity index (χ2v) is 5.67. The van der Waals surface area contributed by atoms with Crippen molar-refractivity contribution in [1.82, 2.24) is 4.90 Å². The molecule has 4 nitrogen and oxygen atoms in total. The molecule has 17 heavy (non-hydrogen) atoms. The van der Waals surface area contributed by atoms with Gasteiger partial charge in [0.25, 0.3) is 5.91 Å². The van der Waals surface area contributed by atoms with E-state index in [4.69, 9.17) is 10.5 Å². The van der Waals surface area contributed by atoms with Crippen LogP contribution in [0.2, 0.25) is 0 Å². The van der Waals surface area contributed by atoms with Gasteiger partial charge in [-0.25, -0.2) is 0 Å². The van der Waals surface area contributed by atoms with E-state index in [-0.39, 0.29) is 30.5 Å². The summed E-state index contributed by atoms with van der Waals surface area (Å²) in [5.41, 5.74) is 5.55. The molecule has 2 aliphatic heterocycles. The normalized spacial score (nSPS) is 33.3. The third kappa shape index (κ3) is 3.50. The van der Waals surface area contributed by atoms with Crippen LogP contribution in [0.1, 0.15) is 19.8 Å². The fourth-order valence-electron chi connectivity index (χ4n) is 2.30. The van der Waals surface area contributed by atoms with E-state index in [1.807, 2.05) is 16.7 Å². The van der Waals surface area contributed by atoms with Crippen LogP contribution < -0.4 is 5.73 Å². The smallest absolute Gasteiger partial charge is 0.252 e. The molecule has 2 heterocycles. The molecule has 0 bridgehead atoms. The van der Waals surface area contributed by atoms with E-state index in [1.165, 1.54) is 0 Å². The van der Waals surface area contributed by atoms with Gasteiger partial charge in [0.05, 0.1) is 6.10 Å². The summed E-state index contributed by atoms with van der Waals surface area (Å²) < 4.78 is 5.65. The minimum atomic E-state index is -0.237. The molecule has 0 spiro atoms. The van der Waals surface area contributed by atoms with E-state index in [1.54, 1.807) is 0 Å². The molecule has 0 aromatic heterocycles. The first-order valence-corrected chi connectivity index (χ1v) is 7.11. The number of carbonyl (C=O) groups is 1. The molecule has 2 aliphatic rings. The van der Waals surface area contributed by atoms with Gasteiger partial charge in [-0.2, -0.15) is 11.8 Å². The summed E-state index contributed by atoms with van der Waals surface area (Å²) >= 11 is 1.92. The zero-order valence-corrected chi connectivity index (χ0v) is 11.8. The van der Waals surface area contributed by atoms with Gasteiger partial charge in [-0.3, -0.25) is 4.79 Å². The van der Waals surface area contributed by atoms with Gasteiger partial charge in [-0.15, -0.1) is 12.4 Å². The summed E-state index contributed by atoms with van der Waals surface area (Å²) in [5.74, 6) is 2.26. The minimum absolute atomic E-state index is 0. The van der Waals surface area contributed by atoms with Gasteiger partial charge in [0.1, 0.15) is 6.10 Å². The predicted octanol–water partition coefficient (Wildman–Crippen LogP) is 0.878. The Hall–Kier alpha value is 0.0300. The van der Waals surface area contributed by atoms with Crippen molar-refractivity contribution in [2.24, 2.45) is 5.73 Å². The molecule has 2 saturated heterocycles. The zero-order valence-electron chi connectivity index (χ0n) is 10.1. The first-order valence-electron chi connectivity index (χ1n) is 5.96. The third-order valence-corrected chi connectivity index (χ3v) is 4.49. The molecule has 0 saturated carbocycles. The Morgan fingerprint density at radius 2 is 2.29 bits per heavy atom. The first kappa shape index (κ1) is 15.1. The van der Waals surface area contributed by atoms with Gasteiger partial charge < -0.3 is 15.4 Å². The average molecular weight is 281 g/mol. The Labute approximate surface area is 113 Å². The van der Waals surface area contributed by atoms with Crippen LogP contribution in [-0.4, -0.2) is 53.7 Å². The fourth-order valence-corrected chi connectivity index (χ4v) is 3.31. The Bertz CT molecular complexity index is 268. The SMILES string of the molecule is CC1CSCCN1C(=O)[C@@H]1CC[C@H](CN)O1.Cl. The number of amides is 1. The highest BCUT2D eigenvalue weighted by Crippen LogP contribution is 2.24. The summed E-state index contributed by atoms with van der Waals surface area (Å²) in [6.07, 6.45) is 1.60. The van der Waals surface area contributed by atoms with Crippen molar-refractivity contribution in [2.45, 2.75) is 38.0 Å². The minimum Gasteiger partial charge on any atom is -0.364 e. The maximum Gasteiger partial charge on any atom is 0.252 e.